The van der Waals surface area contributed by atoms with Gasteiger partial charge in [0.2, 0.25) is 0 Å². The summed E-state index contributed by atoms with van der Waals surface area (Å²) < 4.78 is 40.8. The van der Waals surface area contributed by atoms with Gasteiger partial charge in [-0.3, -0.25) is 9.78 Å². The van der Waals surface area contributed by atoms with Crippen LogP contribution in [-0.2, 0) is 0 Å². The van der Waals surface area contributed by atoms with E-state index in [0.717, 1.165) is 23.4 Å². The quantitative estimate of drug-likeness (QED) is 0.869. The number of carbonyl (C=O) groups is 1. The molecule has 0 spiro atoms. The summed E-state index contributed by atoms with van der Waals surface area (Å²) in [5.74, 6) is -0.132. The zero-order valence-corrected chi connectivity index (χ0v) is 13.3. The van der Waals surface area contributed by atoms with Crippen LogP contribution in [0.3, 0.4) is 0 Å². The van der Waals surface area contributed by atoms with Crippen LogP contribution >= 0.6 is 11.8 Å². The number of amidine groups is 1. The van der Waals surface area contributed by atoms with E-state index in [1.54, 1.807) is 30.6 Å². The lowest BCUT2D eigenvalue weighted by molar-refractivity contribution is -0.274. The maximum absolute atomic E-state index is 12.3. The van der Waals surface area contributed by atoms with Gasteiger partial charge in [0, 0.05) is 18.5 Å². The third-order valence-corrected chi connectivity index (χ3v) is 3.75. The van der Waals surface area contributed by atoms with Crippen molar-refractivity contribution < 1.29 is 22.7 Å². The Balaban J connectivity index is 1.90. The molecule has 0 radical (unpaired) electrons. The molecule has 2 heterocycles. The lowest BCUT2D eigenvalue weighted by Crippen LogP contribution is -2.18. The van der Waals surface area contributed by atoms with E-state index < -0.39 is 6.36 Å². The smallest absolute Gasteiger partial charge is 0.406 e. The molecule has 25 heavy (non-hydrogen) atoms. The minimum absolute atomic E-state index is 0.219. The van der Waals surface area contributed by atoms with Gasteiger partial charge in [-0.05, 0) is 41.6 Å². The summed E-state index contributed by atoms with van der Waals surface area (Å²) in [5, 5.41) is 2.24. The molecule has 5 nitrogen and oxygen atoms in total. The summed E-state index contributed by atoms with van der Waals surface area (Å²) in [5.41, 5.74) is 0.986. The summed E-state index contributed by atoms with van der Waals surface area (Å²) in [4.78, 5) is 20.4. The van der Waals surface area contributed by atoms with Gasteiger partial charge < -0.3 is 10.1 Å². The van der Waals surface area contributed by atoms with Crippen molar-refractivity contribution >= 4 is 34.6 Å². The summed E-state index contributed by atoms with van der Waals surface area (Å²) >= 11 is 0.943. The number of carbonyl (C=O) groups excluding carboxylic acids is 1. The Kier molecular flexibility index (Phi) is 4.75. The van der Waals surface area contributed by atoms with Gasteiger partial charge in [0.15, 0.2) is 0 Å². The Labute approximate surface area is 144 Å². The molecule has 9 heteroatoms. The highest BCUT2D eigenvalue weighted by Gasteiger charge is 2.31. The van der Waals surface area contributed by atoms with Crippen molar-refractivity contribution in [1.82, 2.24) is 10.3 Å². The number of pyridine rings is 1. The number of benzene rings is 1. The predicted molar refractivity (Wildman–Crippen MR) is 88.6 cm³/mol. The van der Waals surface area contributed by atoms with Crippen molar-refractivity contribution in [3.8, 4) is 5.75 Å². The second-order valence-corrected chi connectivity index (χ2v) is 5.83. The van der Waals surface area contributed by atoms with Gasteiger partial charge >= 0.3 is 6.36 Å². The Hall–Kier alpha value is -2.81. The van der Waals surface area contributed by atoms with E-state index in [4.69, 9.17) is 0 Å². The zero-order valence-electron chi connectivity index (χ0n) is 12.4. The molecule has 1 N–H and O–H groups in total. The number of alkyl halides is 3. The SMILES string of the molecule is O=C1NC(=Nc2cccc(OC(F)(F)F)c2)C(=Cc2cccnc2)S1. The predicted octanol–water partition coefficient (Wildman–Crippen LogP) is 4.51. The number of aliphatic imine (C=N–C) groups is 1. The first-order chi connectivity index (χ1) is 11.9. The average Bonchev–Trinajstić information content (AvgIpc) is 2.86. The van der Waals surface area contributed by atoms with Crippen LogP contribution in [-0.4, -0.2) is 22.4 Å². The summed E-state index contributed by atoms with van der Waals surface area (Å²) in [7, 11) is 0. The van der Waals surface area contributed by atoms with Crippen LogP contribution in [0.25, 0.3) is 6.08 Å². The van der Waals surface area contributed by atoms with Crippen molar-refractivity contribution in [2.24, 2.45) is 4.99 Å². The van der Waals surface area contributed by atoms with Crippen LogP contribution < -0.4 is 10.1 Å². The number of hydrogen-bond donors (Lipinski definition) is 1. The lowest BCUT2D eigenvalue weighted by Gasteiger charge is -2.09. The molecule has 1 aliphatic heterocycles. The molecule has 128 valence electrons. The van der Waals surface area contributed by atoms with E-state index in [2.05, 4.69) is 20.0 Å². The molecule has 1 amide bonds. The maximum Gasteiger partial charge on any atom is 0.573 e. The number of rotatable bonds is 3. The number of thioether (sulfide) groups is 1. The Bertz CT molecular complexity index is 851. The number of halogens is 3. The first-order valence-corrected chi connectivity index (χ1v) is 7.76. The molecule has 0 atom stereocenters. The average molecular weight is 365 g/mol. The van der Waals surface area contributed by atoms with Crippen molar-refractivity contribution in [2.45, 2.75) is 6.36 Å². The fourth-order valence-corrected chi connectivity index (χ4v) is 2.74. The van der Waals surface area contributed by atoms with Gasteiger partial charge in [0.1, 0.15) is 11.6 Å². The largest absolute Gasteiger partial charge is 0.573 e. The Morgan fingerprint density at radius 1 is 1.24 bits per heavy atom. The first kappa shape index (κ1) is 17.0. The molecule has 1 aromatic carbocycles. The van der Waals surface area contributed by atoms with Crippen LogP contribution in [0.15, 0.2) is 58.7 Å². The molecular formula is C16H10F3N3O2S. The van der Waals surface area contributed by atoms with E-state index in [0.29, 0.717) is 4.91 Å². The number of hydrogen-bond acceptors (Lipinski definition) is 5. The van der Waals surface area contributed by atoms with Gasteiger partial charge in [-0.2, -0.15) is 0 Å². The fourth-order valence-electron chi connectivity index (χ4n) is 2.00. The van der Waals surface area contributed by atoms with Gasteiger partial charge in [-0.15, -0.1) is 13.2 Å². The molecule has 3 rings (SSSR count). The molecule has 1 aliphatic rings. The molecule has 1 fully saturated rings. The topological polar surface area (TPSA) is 63.6 Å². The molecule has 0 bridgehead atoms. The second-order valence-electron chi connectivity index (χ2n) is 4.82. The van der Waals surface area contributed by atoms with Gasteiger partial charge in [0.25, 0.3) is 5.24 Å². The van der Waals surface area contributed by atoms with Crippen LogP contribution in [0.5, 0.6) is 5.75 Å². The van der Waals surface area contributed by atoms with E-state index in [1.165, 1.54) is 18.2 Å². The molecule has 0 saturated carbocycles. The molecule has 2 aromatic rings. The van der Waals surface area contributed by atoms with Crippen LogP contribution in [0, 0.1) is 0 Å². The zero-order chi connectivity index (χ0) is 17.9. The minimum atomic E-state index is -4.78. The number of amides is 1. The first-order valence-electron chi connectivity index (χ1n) is 6.94. The standard InChI is InChI=1S/C16H10F3N3O2S/c17-16(18,19)24-12-5-1-4-11(8-12)21-14-13(25-15(23)22-14)7-10-3-2-6-20-9-10/h1-9H,(H,21,22,23). The summed E-state index contributed by atoms with van der Waals surface area (Å²) in [6.45, 7) is 0. The monoisotopic (exact) mass is 365 g/mol. The Morgan fingerprint density at radius 2 is 2.08 bits per heavy atom. The third kappa shape index (κ3) is 4.83. The molecule has 1 saturated heterocycles. The third-order valence-electron chi connectivity index (χ3n) is 2.93. The minimum Gasteiger partial charge on any atom is -0.406 e. The van der Waals surface area contributed by atoms with Crippen molar-refractivity contribution in [3.63, 3.8) is 0 Å². The maximum atomic E-state index is 12.3. The summed E-state index contributed by atoms with van der Waals surface area (Å²) in [6.07, 6.45) is 0.166. The highest BCUT2D eigenvalue weighted by Crippen LogP contribution is 2.30. The van der Waals surface area contributed by atoms with Crippen molar-refractivity contribution in [1.29, 1.82) is 0 Å². The van der Waals surface area contributed by atoms with E-state index in [1.807, 2.05) is 0 Å². The number of ether oxygens (including phenoxy) is 1. The van der Waals surface area contributed by atoms with Gasteiger partial charge in [-0.1, -0.05) is 12.1 Å². The van der Waals surface area contributed by atoms with Crippen molar-refractivity contribution in [3.05, 3.63) is 59.3 Å². The van der Waals surface area contributed by atoms with Crippen LogP contribution in [0.1, 0.15) is 5.56 Å². The highest BCUT2D eigenvalue weighted by atomic mass is 32.2. The summed E-state index contributed by atoms with van der Waals surface area (Å²) in [6, 6.07) is 8.75. The molecule has 1 aromatic heterocycles. The number of nitrogens with one attached hydrogen (secondary N) is 1. The van der Waals surface area contributed by atoms with Crippen LogP contribution in [0.4, 0.5) is 23.7 Å². The van der Waals surface area contributed by atoms with E-state index in [-0.39, 0.29) is 22.5 Å². The Morgan fingerprint density at radius 3 is 2.80 bits per heavy atom. The second kappa shape index (κ2) is 6.98. The highest BCUT2D eigenvalue weighted by molar-refractivity contribution is 8.18. The normalized spacial score (nSPS) is 17.8. The van der Waals surface area contributed by atoms with Crippen LogP contribution in [0.2, 0.25) is 0 Å². The van der Waals surface area contributed by atoms with Crippen molar-refractivity contribution in [2.75, 3.05) is 0 Å². The van der Waals surface area contributed by atoms with E-state index in [9.17, 15) is 18.0 Å². The van der Waals surface area contributed by atoms with Gasteiger partial charge in [0.05, 0.1) is 10.6 Å². The lowest BCUT2D eigenvalue weighted by atomic mass is 10.2. The molecule has 0 aliphatic carbocycles. The fraction of sp³-hybridized carbons (Fsp3) is 0.0625. The van der Waals surface area contributed by atoms with E-state index >= 15 is 0 Å². The van der Waals surface area contributed by atoms with Gasteiger partial charge in [-0.25, -0.2) is 4.99 Å². The molecule has 0 unspecified atom stereocenters. The molecular weight excluding hydrogens is 355 g/mol. The number of aromatic nitrogens is 1. The number of nitrogens with zero attached hydrogens (tertiary/aromatic N) is 2.